The molecule has 0 atom stereocenters. The molecule has 0 aliphatic carbocycles. The number of nitrogens with one attached hydrogen (secondary N) is 2. The van der Waals surface area contributed by atoms with E-state index in [1.54, 1.807) is 12.1 Å². The number of halogens is 1. The van der Waals surface area contributed by atoms with E-state index < -0.39 is 0 Å². The van der Waals surface area contributed by atoms with Gasteiger partial charge in [-0.05, 0) is 18.2 Å². The van der Waals surface area contributed by atoms with Gasteiger partial charge in [-0.3, -0.25) is 9.59 Å². The maximum atomic E-state index is 12.8. The minimum Gasteiger partial charge on any atom is -0.354 e. The summed E-state index contributed by atoms with van der Waals surface area (Å²) < 4.78 is 0. The summed E-state index contributed by atoms with van der Waals surface area (Å²) in [7, 11) is 0. The van der Waals surface area contributed by atoms with Gasteiger partial charge >= 0.3 is 0 Å². The maximum Gasteiger partial charge on any atom is 0.252 e. The third-order valence-corrected chi connectivity index (χ3v) is 4.67. The quantitative estimate of drug-likeness (QED) is 0.618. The SMILES string of the molecule is CC(C)C(=O)NCCNC(=O)c1cc(-c2ccccc2Cl)nc2ccccc12. The van der Waals surface area contributed by atoms with E-state index in [1.165, 1.54) is 0 Å². The van der Waals surface area contributed by atoms with E-state index in [9.17, 15) is 9.59 Å². The standard InChI is InChI=1S/C22H22ClN3O2/c1-14(2)21(27)24-11-12-25-22(28)17-13-20(16-8-3-5-9-18(16)23)26-19-10-6-4-7-15(17)19/h3-10,13-14H,11-12H2,1-2H3,(H,24,27)(H,25,28). The molecule has 0 fully saturated rings. The molecule has 5 nitrogen and oxygen atoms in total. The Kier molecular flexibility index (Phi) is 6.26. The van der Waals surface area contributed by atoms with Gasteiger partial charge in [0, 0.05) is 35.0 Å². The molecule has 2 aromatic carbocycles. The molecule has 0 unspecified atom stereocenters. The fraction of sp³-hybridized carbons (Fsp3) is 0.227. The van der Waals surface area contributed by atoms with E-state index in [2.05, 4.69) is 15.6 Å². The van der Waals surface area contributed by atoms with Crippen LogP contribution in [-0.4, -0.2) is 29.9 Å². The lowest BCUT2D eigenvalue weighted by Crippen LogP contribution is -2.36. The molecule has 2 N–H and O–H groups in total. The summed E-state index contributed by atoms with van der Waals surface area (Å²) in [5.41, 5.74) is 2.66. The number of rotatable bonds is 6. The average Bonchev–Trinajstić information content (AvgIpc) is 2.70. The van der Waals surface area contributed by atoms with E-state index in [1.807, 2.05) is 56.3 Å². The second-order valence-electron chi connectivity index (χ2n) is 6.75. The van der Waals surface area contributed by atoms with Gasteiger partial charge in [0.25, 0.3) is 5.91 Å². The number of fused-ring (bicyclic) bond motifs is 1. The molecular weight excluding hydrogens is 374 g/mol. The minimum absolute atomic E-state index is 0.0374. The zero-order valence-corrected chi connectivity index (χ0v) is 16.6. The molecule has 144 valence electrons. The third-order valence-electron chi connectivity index (χ3n) is 4.34. The Morgan fingerprint density at radius 3 is 2.43 bits per heavy atom. The summed E-state index contributed by atoms with van der Waals surface area (Å²) in [6.07, 6.45) is 0. The van der Waals surface area contributed by atoms with Crippen molar-refractivity contribution in [3.05, 3.63) is 65.2 Å². The van der Waals surface area contributed by atoms with Crippen LogP contribution in [0.5, 0.6) is 0 Å². The van der Waals surface area contributed by atoms with Crippen molar-refractivity contribution in [3.8, 4) is 11.3 Å². The summed E-state index contributed by atoms with van der Waals surface area (Å²) >= 11 is 6.32. The highest BCUT2D eigenvalue weighted by atomic mass is 35.5. The molecule has 28 heavy (non-hydrogen) atoms. The van der Waals surface area contributed by atoms with Gasteiger partial charge < -0.3 is 10.6 Å². The lowest BCUT2D eigenvalue weighted by Gasteiger charge is -2.12. The second-order valence-corrected chi connectivity index (χ2v) is 7.16. The lowest BCUT2D eigenvalue weighted by molar-refractivity contribution is -0.123. The van der Waals surface area contributed by atoms with E-state index in [4.69, 9.17) is 11.6 Å². The highest BCUT2D eigenvalue weighted by Gasteiger charge is 2.15. The first kappa shape index (κ1) is 19.8. The Morgan fingerprint density at radius 2 is 1.68 bits per heavy atom. The van der Waals surface area contributed by atoms with Crippen LogP contribution < -0.4 is 10.6 Å². The Balaban J connectivity index is 1.86. The predicted octanol–water partition coefficient (Wildman–Crippen LogP) is 4.06. The Hall–Kier alpha value is -2.92. The van der Waals surface area contributed by atoms with Crippen LogP contribution in [-0.2, 0) is 4.79 Å². The van der Waals surface area contributed by atoms with E-state index in [-0.39, 0.29) is 17.7 Å². The first-order valence-electron chi connectivity index (χ1n) is 9.18. The van der Waals surface area contributed by atoms with Crippen LogP contribution in [0, 0.1) is 5.92 Å². The van der Waals surface area contributed by atoms with Crippen molar-refractivity contribution in [2.45, 2.75) is 13.8 Å². The molecule has 3 aromatic rings. The second kappa shape index (κ2) is 8.85. The van der Waals surface area contributed by atoms with Crippen LogP contribution in [0.4, 0.5) is 0 Å². The van der Waals surface area contributed by atoms with E-state index >= 15 is 0 Å². The summed E-state index contributed by atoms with van der Waals surface area (Å²) in [6, 6.07) is 16.7. The monoisotopic (exact) mass is 395 g/mol. The van der Waals surface area contributed by atoms with Gasteiger partial charge in [-0.2, -0.15) is 0 Å². The molecule has 1 heterocycles. The summed E-state index contributed by atoms with van der Waals surface area (Å²) in [5, 5.41) is 6.99. The molecule has 2 amide bonds. The van der Waals surface area contributed by atoms with E-state index in [0.29, 0.717) is 29.4 Å². The van der Waals surface area contributed by atoms with Crippen LogP contribution in [0.15, 0.2) is 54.6 Å². The minimum atomic E-state index is -0.217. The fourth-order valence-corrected chi connectivity index (χ4v) is 3.06. The average molecular weight is 396 g/mol. The molecule has 0 aliphatic heterocycles. The number of carbonyl (C=O) groups excluding carboxylic acids is 2. The predicted molar refractivity (Wildman–Crippen MR) is 112 cm³/mol. The zero-order chi connectivity index (χ0) is 20.1. The highest BCUT2D eigenvalue weighted by molar-refractivity contribution is 6.33. The largest absolute Gasteiger partial charge is 0.354 e. The van der Waals surface area contributed by atoms with Crippen LogP contribution in [0.3, 0.4) is 0 Å². The summed E-state index contributed by atoms with van der Waals surface area (Å²) in [6.45, 7) is 4.37. The Bertz CT molecular complexity index is 1020. The fourth-order valence-electron chi connectivity index (χ4n) is 2.83. The van der Waals surface area contributed by atoms with Gasteiger partial charge in [0.15, 0.2) is 0 Å². The van der Waals surface area contributed by atoms with Crippen molar-refractivity contribution in [2.75, 3.05) is 13.1 Å². The smallest absolute Gasteiger partial charge is 0.252 e. The molecule has 0 aliphatic rings. The molecule has 0 saturated heterocycles. The van der Waals surface area contributed by atoms with Crippen molar-refractivity contribution in [3.63, 3.8) is 0 Å². The summed E-state index contributed by atoms with van der Waals surface area (Å²) in [5.74, 6) is -0.340. The Labute approximate surface area is 169 Å². The molecule has 0 spiro atoms. The topological polar surface area (TPSA) is 71.1 Å². The number of carbonyl (C=O) groups is 2. The number of aromatic nitrogens is 1. The van der Waals surface area contributed by atoms with Gasteiger partial charge in [-0.15, -0.1) is 0 Å². The van der Waals surface area contributed by atoms with Gasteiger partial charge in [0.2, 0.25) is 5.91 Å². The van der Waals surface area contributed by atoms with Crippen molar-refractivity contribution in [1.29, 1.82) is 0 Å². The highest BCUT2D eigenvalue weighted by Crippen LogP contribution is 2.29. The molecule has 0 saturated carbocycles. The van der Waals surface area contributed by atoms with Crippen LogP contribution in [0.2, 0.25) is 5.02 Å². The first-order chi connectivity index (χ1) is 13.5. The van der Waals surface area contributed by atoms with E-state index in [0.717, 1.165) is 16.5 Å². The van der Waals surface area contributed by atoms with Crippen molar-refractivity contribution in [2.24, 2.45) is 5.92 Å². The third kappa shape index (κ3) is 4.49. The van der Waals surface area contributed by atoms with Crippen molar-refractivity contribution >= 4 is 34.3 Å². The van der Waals surface area contributed by atoms with Crippen LogP contribution >= 0.6 is 11.6 Å². The normalized spacial score (nSPS) is 10.9. The van der Waals surface area contributed by atoms with Gasteiger partial charge in [0.1, 0.15) is 0 Å². The van der Waals surface area contributed by atoms with Crippen molar-refractivity contribution in [1.82, 2.24) is 15.6 Å². The lowest BCUT2D eigenvalue weighted by atomic mass is 10.0. The molecule has 0 radical (unpaired) electrons. The molecule has 1 aromatic heterocycles. The van der Waals surface area contributed by atoms with Gasteiger partial charge in [-0.25, -0.2) is 4.98 Å². The Morgan fingerprint density at radius 1 is 1.00 bits per heavy atom. The van der Waals surface area contributed by atoms with Gasteiger partial charge in [-0.1, -0.05) is 61.8 Å². The number of benzene rings is 2. The number of hydrogen-bond donors (Lipinski definition) is 2. The number of nitrogens with zero attached hydrogens (tertiary/aromatic N) is 1. The molecule has 0 bridgehead atoms. The maximum absolute atomic E-state index is 12.8. The molecular formula is C22H22ClN3O2. The zero-order valence-electron chi connectivity index (χ0n) is 15.8. The number of hydrogen-bond acceptors (Lipinski definition) is 3. The number of amides is 2. The van der Waals surface area contributed by atoms with Crippen LogP contribution in [0.1, 0.15) is 24.2 Å². The number of pyridine rings is 1. The van der Waals surface area contributed by atoms with Crippen LogP contribution in [0.25, 0.3) is 22.2 Å². The summed E-state index contributed by atoms with van der Waals surface area (Å²) in [4.78, 5) is 29.1. The first-order valence-corrected chi connectivity index (χ1v) is 9.55. The number of para-hydroxylation sites is 1. The molecule has 3 rings (SSSR count). The van der Waals surface area contributed by atoms with Gasteiger partial charge in [0.05, 0.1) is 16.8 Å². The van der Waals surface area contributed by atoms with Crippen molar-refractivity contribution < 1.29 is 9.59 Å². The molecule has 6 heteroatoms.